The molecule has 2 aromatic carbocycles. The Kier molecular flexibility index (Phi) is 5.85. The zero-order valence-electron chi connectivity index (χ0n) is 18.0. The molecule has 1 amide bonds. The van der Waals surface area contributed by atoms with E-state index in [2.05, 4.69) is 20.3 Å². The van der Waals surface area contributed by atoms with Crippen LogP contribution in [0.25, 0.3) is 11.0 Å². The van der Waals surface area contributed by atoms with Crippen LogP contribution in [0, 0.1) is 0 Å². The highest BCUT2D eigenvalue weighted by Crippen LogP contribution is 2.38. The molecule has 0 spiro atoms. The molecule has 0 bridgehead atoms. The molecule has 5 rings (SSSR count). The van der Waals surface area contributed by atoms with E-state index in [9.17, 15) is 4.79 Å². The van der Waals surface area contributed by atoms with Gasteiger partial charge in [0.05, 0.1) is 17.0 Å². The standard InChI is InChI=1S/C25H25ClN6O/c26-19-8-6-18(7-9-19)21(17-4-2-1-3-5-17)32(24(33)25(27)11-14-28-15-12-25)23-20-10-13-29-22(20)30-16-31-23/h1-10,13,16,21,28H,11-12,14-15,27H2,(H,29,30,31). The normalized spacial score (nSPS) is 16.4. The van der Waals surface area contributed by atoms with Crippen LogP contribution >= 0.6 is 11.6 Å². The molecule has 1 fully saturated rings. The Morgan fingerprint density at radius 2 is 1.70 bits per heavy atom. The first-order valence-electron chi connectivity index (χ1n) is 11.0. The summed E-state index contributed by atoms with van der Waals surface area (Å²) in [6, 6.07) is 18.9. The van der Waals surface area contributed by atoms with Crippen molar-refractivity contribution >= 4 is 34.4 Å². The van der Waals surface area contributed by atoms with Crippen LogP contribution in [-0.2, 0) is 4.79 Å². The second kappa shape index (κ2) is 8.94. The summed E-state index contributed by atoms with van der Waals surface area (Å²) >= 11 is 6.20. The fourth-order valence-electron chi connectivity index (χ4n) is 4.48. The number of nitrogens with two attached hydrogens (primary N) is 1. The van der Waals surface area contributed by atoms with Gasteiger partial charge in [-0.3, -0.25) is 9.69 Å². The van der Waals surface area contributed by atoms with E-state index in [-0.39, 0.29) is 5.91 Å². The molecule has 168 valence electrons. The number of piperidine rings is 1. The fraction of sp³-hybridized carbons (Fsp3) is 0.240. The van der Waals surface area contributed by atoms with Gasteiger partial charge in [0, 0.05) is 11.2 Å². The van der Waals surface area contributed by atoms with Crippen LogP contribution in [0.2, 0.25) is 5.02 Å². The molecule has 4 N–H and O–H groups in total. The number of aromatic nitrogens is 3. The Labute approximate surface area is 197 Å². The number of anilines is 1. The zero-order chi connectivity index (χ0) is 22.8. The minimum absolute atomic E-state index is 0.158. The van der Waals surface area contributed by atoms with Crippen LogP contribution in [0.15, 0.2) is 73.2 Å². The molecule has 8 heteroatoms. The van der Waals surface area contributed by atoms with Crippen molar-refractivity contribution in [2.24, 2.45) is 5.73 Å². The topological polar surface area (TPSA) is 99.9 Å². The number of nitrogens with one attached hydrogen (secondary N) is 2. The van der Waals surface area contributed by atoms with Crippen molar-refractivity contribution in [2.45, 2.75) is 24.4 Å². The molecule has 1 aliphatic rings. The Morgan fingerprint density at radius 1 is 1.00 bits per heavy atom. The number of hydrogen-bond acceptors (Lipinski definition) is 5. The lowest BCUT2D eigenvalue weighted by Crippen LogP contribution is -2.60. The number of nitrogens with zero attached hydrogens (tertiary/aromatic N) is 3. The highest BCUT2D eigenvalue weighted by Gasteiger charge is 2.43. The van der Waals surface area contributed by atoms with Gasteiger partial charge in [0.15, 0.2) is 0 Å². The van der Waals surface area contributed by atoms with E-state index >= 15 is 0 Å². The summed E-state index contributed by atoms with van der Waals surface area (Å²) in [6.45, 7) is 1.38. The minimum Gasteiger partial charge on any atom is -0.346 e. The van der Waals surface area contributed by atoms with Crippen molar-refractivity contribution in [3.8, 4) is 0 Å². The Hall–Kier alpha value is -3.26. The first-order chi connectivity index (χ1) is 16.1. The number of benzene rings is 2. The third kappa shape index (κ3) is 4.11. The number of rotatable bonds is 5. The highest BCUT2D eigenvalue weighted by atomic mass is 35.5. The number of hydrogen-bond donors (Lipinski definition) is 3. The molecular formula is C25H25ClN6O. The number of carbonyl (C=O) groups excluding carboxylic acids is 1. The molecule has 33 heavy (non-hydrogen) atoms. The Morgan fingerprint density at radius 3 is 2.42 bits per heavy atom. The summed E-state index contributed by atoms with van der Waals surface area (Å²) in [4.78, 5) is 28.1. The van der Waals surface area contributed by atoms with E-state index in [0.29, 0.717) is 42.4 Å². The van der Waals surface area contributed by atoms with Crippen molar-refractivity contribution in [2.75, 3.05) is 18.0 Å². The summed E-state index contributed by atoms with van der Waals surface area (Å²) < 4.78 is 0. The third-order valence-electron chi connectivity index (χ3n) is 6.26. The maximum atomic E-state index is 14.3. The van der Waals surface area contributed by atoms with Gasteiger partial charge in [-0.2, -0.15) is 0 Å². The van der Waals surface area contributed by atoms with E-state index < -0.39 is 11.6 Å². The predicted octanol–water partition coefficient (Wildman–Crippen LogP) is 3.81. The first kappa shape index (κ1) is 21.6. The molecule has 1 atom stereocenters. The van der Waals surface area contributed by atoms with Crippen LogP contribution < -0.4 is 16.0 Å². The Bertz CT molecular complexity index is 1250. The molecular weight excluding hydrogens is 436 g/mol. The number of aromatic amines is 1. The van der Waals surface area contributed by atoms with Gasteiger partial charge in [-0.1, -0.05) is 54.1 Å². The lowest BCUT2D eigenvalue weighted by molar-refractivity contribution is -0.125. The van der Waals surface area contributed by atoms with Gasteiger partial charge in [0.2, 0.25) is 5.91 Å². The van der Waals surface area contributed by atoms with E-state index in [1.807, 2.05) is 60.7 Å². The number of amides is 1. The predicted molar refractivity (Wildman–Crippen MR) is 130 cm³/mol. The summed E-state index contributed by atoms with van der Waals surface area (Å²) in [5.41, 5.74) is 8.30. The second-order valence-corrected chi connectivity index (χ2v) is 8.82. The number of fused-ring (bicyclic) bond motifs is 1. The van der Waals surface area contributed by atoms with Gasteiger partial charge in [-0.15, -0.1) is 0 Å². The average molecular weight is 461 g/mol. The molecule has 1 aliphatic heterocycles. The van der Waals surface area contributed by atoms with Crippen LogP contribution in [0.1, 0.15) is 30.0 Å². The first-order valence-corrected chi connectivity index (χ1v) is 11.4. The second-order valence-electron chi connectivity index (χ2n) is 8.38. The number of H-pyrrole nitrogens is 1. The van der Waals surface area contributed by atoms with Gasteiger partial charge in [0.25, 0.3) is 0 Å². The molecule has 0 radical (unpaired) electrons. The molecule has 7 nitrogen and oxygen atoms in total. The smallest absolute Gasteiger partial charge is 0.249 e. The molecule has 1 saturated heterocycles. The Balaban J connectivity index is 1.74. The maximum absolute atomic E-state index is 14.3. The lowest BCUT2D eigenvalue weighted by Gasteiger charge is -2.40. The zero-order valence-corrected chi connectivity index (χ0v) is 18.8. The van der Waals surface area contributed by atoms with Crippen molar-refractivity contribution < 1.29 is 4.79 Å². The molecule has 4 aromatic rings. The van der Waals surface area contributed by atoms with Gasteiger partial charge in [-0.05, 0) is 55.3 Å². The van der Waals surface area contributed by atoms with Crippen molar-refractivity contribution in [3.05, 3.63) is 89.3 Å². The van der Waals surface area contributed by atoms with E-state index in [1.54, 1.807) is 11.1 Å². The van der Waals surface area contributed by atoms with E-state index in [4.69, 9.17) is 17.3 Å². The van der Waals surface area contributed by atoms with Gasteiger partial charge < -0.3 is 16.0 Å². The van der Waals surface area contributed by atoms with Gasteiger partial charge >= 0.3 is 0 Å². The van der Waals surface area contributed by atoms with Crippen LogP contribution in [0.3, 0.4) is 0 Å². The molecule has 0 saturated carbocycles. The fourth-order valence-corrected chi connectivity index (χ4v) is 4.61. The quantitative estimate of drug-likeness (QED) is 0.420. The molecule has 0 aliphatic carbocycles. The van der Waals surface area contributed by atoms with E-state index in [0.717, 1.165) is 16.5 Å². The summed E-state index contributed by atoms with van der Waals surface area (Å²) in [6.07, 6.45) is 4.37. The monoisotopic (exact) mass is 460 g/mol. The van der Waals surface area contributed by atoms with Gasteiger partial charge in [-0.25, -0.2) is 9.97 Å². The summed E-state index contributed by atoms with van der Waals surface area (Å²) in [5, 5.41) is 4.70. The van der Waals surface area contributed by atoms with Crippen LogP contribution in [0.4, 0.5) is 5.82 Å². The molecule has 3 heterocycles. The SMILES string of the molecule is NC1(C(=O)N(c2ncnc3[nH]ccc23)C(c2ccccc2)c2ccc(Cl)cc2)CCNCC1. The molecule has 1 unspecified atom stereocenters. The molecule has 2 aromatic heterocycles. The lowest BCUT2D eigenvalue weighted by atomic mass is 9.86. The minimum atomic E-state index is -1.00. The maximum Gasteiger partial charge on any atom is 0.249 e. The van der Waals surface area contributed by atoms with Crippen LogP contribution in [-0.4, -0.2) is 39.5 Å². The number of carbonyl (C=O) groups is 1. The largest absolute Gasteiger partial charge is 0.346 e. The summed E-state index contributed by atoms with van der Waals surface area (Å²) in [5.74, 6) is 0.368. The van der Waals surface area contributed by atoms with Crippen LogP contribution in [0.5, 0.6) is 0 Å². The van der Waals surface area contributed by atoms with Gasteiger partial charge in [0.1, 0.15) is 17.8 Å². The van der Waals surface area contributed by atoms with Crippen molar-refractivity contribution in [1.29, 1.82) is 0 Å². The average Bonchev–Trinajstić information content (AvgIpc) is 3.33. The van der Waals surface area contributed by atoms with Crippen molar-refractivity contribution in [3.63, 3.8) is 0 Å². The highest BCUT2D eigenvalue weighted by molar-refractivity contribution is 6.30. The summed E-state index contributed by atoms with van der Waals surface area (Å²) in [7, 11) is 0. The van der Waals surface area contributed by atoms with E-state index in [1.165, 1.54) is 6.33 Å². The number of halogens is 1. The van der Waals surface area contributed by atoms with Crippen molar-refractivity contribution in [1.82, 2.24) is 20.3 Å². The third-order valence-corrected chi connectivity index (χ3v) is 6.51.